The van der Waals surface area contributed by atoms with Gasteiger partial charge in [-0.15, -0.1) is 0 Å². The Bertz CT molecular complexity index is 579. The van der Waals surface area contributed by atoms with Crippen molar-refractivity contribution in [3.63, 3.8) is 0 Å². The molecule has 1 fully saturated rings. The van der Waals surface area contributed by atoms with E-state index in [4.69, 9.17) is 16.3 Å². The molecule has 2 nitrogen and oxygen atoms in total. The summed E-state index contributed by atoms with van der Waals surface area (Å²) in [6.45, 7) is 2.58. The Morgan fingerprint density at radius 2 is 2.00 bits per heavy atom. The van der Waals surface area contributed by atoms with Crippen molar-refractivity contribution in [2.45, 2.75) is 32.3 Å². The lowest BCUT2D eigenvalue weighted by Crippen LogP contribution is -2.01. The lowest BCUT2D eigenvalue weighted by molar-refractivity contribution is 0.302. The van der Waals surface area contributed by atoms with Crippen LogP contribution in [0.2, 0.25) is 5.15 Å². The summed E-state index contributed by atoms with van der Waals surface area (Å²) in [4.78, 5) is 4.34. The summed E-state index contributed by atoms with van der Waals surface area (Å²) in [5.74, 6) is 1.50. The fourth-order valence-electron chi connectivity index (χ4n) is 2.34. The van der Waals surface area contributed by atoms with Gasteiger partial charge in [0.1, 0.15) is 17.5 Å². The van der Waals surface area contributed by atoms with Gasteiger partial charge in [-0.3, -0.25) is 0 Å². The molecular formula is C16H16ClNO. The van der Waals surface area contributed by atoms with E-state index < -0.39 is 0 Å². The van der Waals surface area contributed by atoms with E-state index in [1.165, 1.54) is 18.4 Å². The molecule has 0 unspecified atom stereocenters. The highest BCUT2D eigenvalue weighted by molar-refractivity contribution is 6.29. The van der Waals surface area contributed by atoms with Crippen LogP contribution >= 0.6 is 11.6 Å². The maximum Gasteiger partial charge on any atom is 0.133 e. The van der Waals surface area contributed by atoms with Crippen molar-refractivity contribution in [1.82, 2.24) is 4.98 Å². The summed E-state index contributed by atoms with van der Waals surface area (Å²) in [5.41, 5.74) is 3.40. The van der Waals surface area contributed by atoms with Crippen LogP contribution in [0.3, 0.4) is 0 Å². The smallest absolute Gasteiger partial charge is 0.133 e. The number of benzene rings is 1. The van der Waals surface area contributed by atoms with E-state index in [-0.39, 0.29) is 0 Å². The van der Waals surface area contributed by atoms with Gasteiger partial charge < -0.3 is 4.74 Å². The largest absolute Gasteiger partial charge is 0.488 e. The lowest BCUT2D eigenvalue weighted by atomic mass is 10.1. The van der Waals surface area contributed by atoms with Crippen molar-refractivity contribution in [2.75, 3.05) is 0 Å². The van der Waals surface area contributed by atoms with Crippen LogP contribution in [-0.2, 0) is 6.61 Å². The lowest BCUT2D eigenvalue weighted by Gasteiger charge is -2.13. The molecule has 0 saturated heterocycles. The van der Waals surface area contributed by atoms with Gasteiger partial charge in [0.25, 0.3) is 0 Å². The van der Waals surface area contributed by atoms with E-state index in [1.807, 2.05) is 31.2 Å². The average molecular weight is 274 g/mol. The molecule has 0 N–H and O–H groups in total. The number of nitrogens with zero attached hydrogens (tertiary/aromatic N) is 1. The Balaban J connectivity index is 1.83. The predicted molar refractivity (Wildman–Crippen MR) is 76.7 cm³/mol. The molecule has 0 spiro atoms. The Hall–Kier alpha value is -1.54. The van der Waals surface area contributed by atoms with Crippen LogP contribution in [0.4, 0.5) is 0 Å². The number of aromatic nitrogens is 1. The zero-order valence-corrected chi connectivity index (χ0v) is 11.7. The molecular weight excluding hydrogens is 258 g/mol. The van der Waals surface area contributed by atoms with Crippen LogP contribution in [0.15, 0.2) is 36.4 Å². The van der Waals surface area contributed by atoms with Gasteiger partial charge in [0.2, 0.25) is 0 Å². The molecule has 0 radical (unpaired) electrons. The van der Waals surface area contributed by atoms with Crippen LogP contribution in [-0.4, -0.2) is 4.98 Å². The molecule has 2 aromatic rings. The van der Waals surface area contributed by atoms with Gasteiger partial charge in [-0.05, 0) is 31.2 Å². The van der Waals surface area contributed by atoms with Crippen molar-refractivity contribution in [1.29, 1.82) is 0 Å². The number of ether oxygens (including phenoxy) is 1. The van der Waals surface area contributed by atoms with Crippen molar-refractivity contribution >= 4 is 11.6 Å². The molecule has 0 amide bonds. The molecule has 1 aromatic heterocycles. The number of hydrogen-bond acceptors (Lipinski definition) is 2. The minimum Gasteiger partial charge on any atom is -0.488 e. The first-order chi connectivity index (χ1) is 9.24. The number of halogens is 1. The number of hydrogen-bond donors (Lipinski definition) is 0. The summed E-state index contributed by atoms with van der Waals surface area (Å²) in [5, 5.41) is 0.505. The molecule has 1 aliphatic carbocycles. The normalized spacial score (nSPS) is 14.4. The third-order valence-electron chi connectivity index (χ3n) is 3.40. The Morgan fingerprint density at radius 3 is 2.68 bits per heavy atom. The van der Waals surface area contributed by atoms with Gasteiger partial charge in [-0.2, -0.15) is 0 Å². The van der Waals surface area contributed by atoms with E-state index in [2.05, 4.69) is 17.1 Å². The standard InChI is InChI=1S/C16H16ClNO/c1-11-16(13-7-8-13)14(9-15(17)18-11)19-10-12-5-3-2-4-6-12/h2-6,9,13H,7-8,10H2,1H3. The maximum atomic E-state index is 6.04. The van der Waals surface area contributed by atoms with E-state index in [1.54, 1.807) is 0 Å². The Kier molecular flexibility index (Phi) is 3.43. The number of pyridine rings is 1. The topological polar surface area (TPSA) is 22.1 Å². The third kappa shape index (κ3) is 2.90. The molecule has 0 aliphatic heterocycles. The molecule has 0 bridgehead atoms. The van der Waals surface area contributed by atoms with Crippen LogP contribution in [0.25, 0.3) is 0 Å². The van der Waals surface area contributed by atoms with Crippen LogP contribution in [0, 0.1) is 6.92 Å². The van der Waals surface area contributed by atoms with E-state index >= 15 is 0 Å². The van der Waals surface area contributed by atoms with Crippen molar-refractivity contribution in [3.8, 4) is 5.75 Å². The molecule has 19 heavy (non-hydrogen) atoms. The fourth-order valence-corrected chi connectivity index (χ4v) is 2.57. The maximum absolute atomic E-state index is 6.04. The van der Waals surface area contributed by atoms with Gasteiger partial charge in [-0.25, -0.2) is 4.98 Å². The minimum atomic E-state index is 0.505. The molecule has 3 heteroatoms. The monoisotopic (exact) mass is 273 g/mol. The summed E-state index contributed by atoms with van der Waals surface area (Å²) in [7, 11) is 0. The molecule has 1 saturated carbocycles. The fraction of sp³-hybridized carbons (Fsp3) is 0.312. The van der Waals surface area contributed by atoms with E-state index in [0.29, 0.717) is 17.7 Å². The highest BCUT2D eigenvalue weighted by atomic mass is 35.5. The Morgan fingerprint density at radius 1 is 1.26 bits per heavy atom. The summed E-state index contributed by atoms with van der Waals surface area (Å²) in [6.07, 6.45) is 2.46. The first kappa shape index (κ1) is 12.5. The van der Waals surface area contributed by atoms with E-state index in [9.17, 15) is 0 Å². The van der Waals surface area contributed by atoms with Crippen LogP contribution < -0.4 is 4.74 Å². The second-order valence-corrected chi connectivity index (χ2v) is 5.38. The van der Waals surface area contributed by atoms with Gasteiger partial charge in [0.05, 0.1) is 0 Å². The van der Waals surface area contributed by atoms with Crippen molar-refractivity contribution < 1.29 is 4.74 Å². The molecule has 0 atom stereocenters. The highest BCUT2D eigenvalue weighted by Crippen LogP contribution is 2.46. The summed E-state index contributed by atoms with van der Waals surface area (Å²) >= 11 is 6.04. The summed E-state index contributed by atoms with van der Waals surface area (Å²) < 4.78 is 5.96. The summed E-state index contributed by atoms with van der Waals surface area (Å²) in [6, 6.07) is 12.0. The number of aryl methyl sites for hydroxylation is 1. The average Bonchev–Trinajstić information content (AvgIpc) is 3.21. The van der Waals surface area contributed by atoms with Crippen molar-refractivity contribution in [2.24, 2.45) is 0 Å². The Labute approximate surface area is 118 Å². The zero-order valence-electron chi connectivity index (χ0n) is 10.9. The zero-order chi connectivity index (χ0) is 13.2. The van der Waals surface area contributed by atoms with Gasteiger partial charge in [0.15, 0.2) is 0 Å². The van der Waals surface area contributed by atoms with Gasteiger partial charge in [0, 0.05) is 17.3 Å². The van der Waals surface area contributed by atoms with Gasteiger partial charge in [-0.1, -0.05) is 41.9 Å². The van der Waals surface area contributed by atoms with E-state index in [0.717, 1.165) is 17.0 Å². The quantitative estimate of drug-likeness (QED) is 0.765. The number of rotatable bonds is 4. The molecule has 1 heterocycles. The molecule has 98 valence electrons. The molecule has 1 aliphatic rings. The molecule has 1 aromatic carbocycles. The van der Waals surface area contributed by atoms with Crippen LogP contribution in [0.1, 0.15) is 35.6 Å². The first-order valence-corrected chi connectivity index (χ1v) is 6.95. The minimum absolute atomic E-state index is 0.505. The molecule has 3 rings (SSSR count). The second-order valence-electron chi connectivity index (χ2n) is 4.99. The first-order valence-electron chi connectivity index (χ1n) is 6.58. The second kappa shape index (κ2) is 5.22. The van der Waals surface area contributed by atoms with Gasteiger partial charge >= 0.3 is 0 Å². The SMILES string of the molecule is Cc1nc(Cl)cc(OCc2ccccc2)c1C1CC1. The highest BCUT2D eigenvalue weighted by Gasteiger charge is 2.29. The van der Waals surface area contributed by atoms with Crippen molar-refractivity contribution in [3.05, 3.63) is 58.4 Å². The predicted octanol–water partition coefficient (Wildman–Crippen LogP) is 4.50. The third-order valence-corrected chi connectivity index (χ3v) is 3.60. The van der Waals surface area contributed by atoms with Crippen LogP contribution in [0.5, 0.6) is 5.75 Å².